The molecule has 0 fully saturated rings. The van der Waals surface area contributed by atoms with E-state index in [4.69, 9.17) is 9.47 Å². The molecule has 1 aliphatic heterocycles. The first kappa shape index (κ1) is 12.4. The van der Waals surface area contributed by atoms with E-state index in [1.807, 2.05) is 7.05 Å². The molecule has 1 aromatic carbocycles. The van der Waals surface area contributed by atoms with E-state index in [-0.39, 0.29) is 12.1 Å². The SMILES string of the molecule is CNC(COC(C)C)c1ccc2c(c1)CCO2. The van der Waals surface area contributed by atoms with Gasteiger partial charge in [-0.05, 0) is 38.1 Å². The molecule has 17 heavy (non-hydrogen) atoms. The maximum absolute atomic E-state index is 5.67. The zero-order chi connectivity index (χ0) is 12.3. The van der Waals surface area contributed by atoms with E-state index in [1.54, 1.807) is 0 Å². The lowest BCUT2D eigenvalue weighted by atomic mass is 10.0. The quantitative estimate of drug-likeness (QED) is 0.849. The molecule has 1 unspecified atom stereocenters. The lowest BCUT2D eigenvalue weighted by Crippen LogP contribution is -2.23. The molecule has 1 aliphatic rings. The molecule has 0 aromatic heterocycles. The first-order chi connectivity index (χ1) is 8.20. The number of rotatable bonds is 5. The van der Waals surface area contributed by atoms with Gasteiger partial charge >= 0.3 is 0 Å². The summed E-state index contributed by atoms with van der Waals surface area (Å²) >= 11 is 0. The van der Waals surface area contributed by atoms with Gasteiger partial charge in [0.25, 0.3) is 0 Å². The zero-order valence-corrected chi connectivity index (χ0v) is 10.8. The summed E-state index contributed by atoms with van der Waals surface area (Å²) in [6.45, 7) is 5.63. The Balaban J connectivity index is 2.08. The van der Waals surface area contributed by atoms with Crippen molar-refractivity contribution in [3.8, 4) is 5.75 Å². The Bertz CT molecular complexity index is 376. The van der Waals surface area contributed by atoms with E-state index in [9.17, 15) is 0 Å². The van der Waals surface area contributed by atoms with Crippen LogP contribution in [0.4, 0.5) is 0 Å². The first-order valence-electron chi connectivity index (χ1n) is 6.25. The molecule has 94 valence electrons. The summed E-state index contributed by atoms with van der Waals surface area (Å²) in [4.78, 5) is 0. The highest BCUT2D eigenvalue weighted by atomic mass is 16.5. The van der Waals surface area contributed by atoms with Crippen LogP contribution in [0.1, 0.15) is 31.0 Å². The number of ether oxygens (including phenoxy) is 2. The van der Waals surface area contributed by atoms with E-state index in [0.29, 0.717) is 6.61 Å². The van der Waals surface area contributed by atoms with E-state index < -0.39 is 0 Å². The van der Waals surface area contributed by atoms with E-state index in [1.165, 1.54) is 11.1 Å². The molecule has 0 saturated heterocycles. The van der Waals surface area contributed by atoms with Crippen molar-refractivity contribution < 1.29 is 9.47 Å². The molecular weight excluding hydrogens is 214 g/mol. The van der Waals surface area contributed by atoms with Crippen molar-refractivity contribution in [3.05, 3.63) is 29.3 Å². The van der Waals surface area contributed by atoms with Gasteiger partial charge in [0.1, 0.15) is 5.75 Å². The fourth-order valence-corrected chi connectivity index (χ4v) is 2.06. The van der Waals surface area contributed by atoms with Crippen molar-refractivity contribution in [2.45, 2.75) is 32.4 Å². The number of nitrogens with one attached hydrogen (secondary N) is 1. The fourth-order valence-electron chi connectivity index (χ4n) is 2.06. The lowest BCUT2D eigenvalue weighted by molar-refractivity contribution is 0.0626. The normalized spacial score (nSPS) is 15.8. The number of hydrogen-bond acceptors (Lipinski definition) is 3. The Kier molecular flexibility index (Phi) is 4.02. The molecule has 1 N–H and O–H groups in total. The average Bonchev–Trinajstić information content (AvgIpc) is 2.76. The van der Waals surface area contributed by atoms with Gasteiger partial charge in [0, 0.05) is 6.42 Å². The molecular formula is C14H21NO2. The van der Waals surface area contributed by atoms with Gasteiger partial charge in [0.2, 0.25) is 0 Å². The van der Waals surface area contributed by atoms with Crippen LogP contribution in [-0.4, -0.2) is 26.4 Å². The summed E-state index contributed by atoms with van der Waals surface area (Å²) in [5.74, 6) is 1.04. The summed E-state index contributed by atoms with van der Waals surface area (Å²) in [5.41, 5.74) is 2.59. The number of likely N-dealkylation sites (N-methyl/N-ethyl adjacent to an activating group) is 1. The maximum atomic E-state index is 5.67. The van der Waals surface area contributed by atoms with Gasteiger partial charge in [-0.15, -0.1) is 0 Å². The van der Waals surface area contributed by atoms with Crippen LogP contribution >= 0.6 is 0 Å². The Morgan fingerprint density at radius 2 is 2.24 bits per heavy atom. The van der Waals surface area contributed by atoms with Gasteiger partial charge in [-0.1, -0.05) is 12.1 Å². The van der Waals surface area contributed by atoms with Crippen molar-refractivity contribution in [1.29, 1.82) is 0 Å². The topological polar surface area (TPSA) is 30.5 Å². The van der Waals surface area contributed by atoms with Crippen LogP contribution in [0.3, 0.4) is 0 Å². The Labute approximate surface area is 103 Å². The van der Waals surface area contributed by atoms with Crippen LogP contribution in [0.5, 0.6) is 5.75 Å². The number of fused-ring (bicyclic) bond motifs is 1. The standard InChI is InChI=1S/C14H21NO2/c1-10(2)17-9-13(15-3)11-4-5-14-12(8-11)6-7-16-14/h4-5,8,10,13,15H,6-7,9H2,1-3H3. The fraction of sp³-hybridized carbons (Fsp3) is 0.571. The third kappa shape index (κ3) is 2.99. The van der Waals surface area contributed by atoms with Gasteiger partial charge in [-0.25, -0.2) is 0 Å². The van der Waals surface area contributed by atoms with Gasteiger partial charge < -0.3 is 14.8 Å². The predicted molar refractivity (Wildman–Crippen MR) is 68.5 cm³/mol. The highest BCUT2D eigenvalue weighted by Gasteiger charge is 2.16. The minimum Gasteiger partial charge on any atom is -0.493 e. The minimum absolute atomic E-state index is 0.253. The molecule has 0 radical (unpaired) electrons. The molecule has 0 amide bonds. The zero-order valence-electron chi connectivity index (χ0n) is 10.8. The molecule has 1 heterocycles. The monoisotopic (exact) mass is 235 g/mol. The second-order valence-electron chi connectivity index (χ2n) is 4.69. The predicted octanol–water partition coefficient (Wildman–Crippen LogP) is 2.31. The Hall–Kier alpha value is -1.06. The highest BCUT2D eigenvalue weighted by molar-refractivity contribution is 5.40. The third-order valence-electron chi connectivity index (χ3n) is 3.06. The van der Waals surface area contributed by atoms with Crippen LogP contribution in [0.2, 0.25) is 0 Å². The van der Waals surface area contributed by atoms with Crippen molar-refractivity contribution in [3.63, 3.8) is 0 Å². The molecule has 2 rings (SSSR count). The lowest BCUT2D eigenvalue weighted by Gasteiger charge is -2.19. The minimum atomic E-state index is 0.253. The highest BCUT2D eigenvalue weighted by Crippen LogP contribution is 2.28. The summed E-state index contributed by atoms with van der Waals surface area (Å²) in [6.07, 6.45) is 1.29. The smallest absolute Gasteiger partial charge is 0.122 e. The maximum Gasteiger partial charge on any atom is 0.122 e. The molecule has 3 nitrogen and oxygen atoms in total. The largest absolute Gasteiger partial charge is 0.493 e. The number of benzene rings is 1. The van der Waals surface area contributed by atoms with Crippen LogP contribution in [0.25, 0.3) is 0 Å². The first-order valence-corrected chi connectivity index (χ1v) is 6.25. The Morgan fingerprint density at radius 3 is 2.94 bits per heavy atom. The average molecular weight is 235 g/mol. The Morgan fingerprint density at radius 1 is 1.41 bits per heavy atom. The second-order valence-corrected chi connectivity index (χ2v) is 4.69. The van der Waals surface area contributed by atoms with Crippen LogP contribution in [0.15, 0.2) is 18.2 Å². The summed E-state index contributed by atoms with van der Waals surface area (Å²) in [7, 11) is 1.97. The van der Waals surface area contributed by atoms with E-state index in [0.717, 1.165) is 18.8 Å². The molecule has 1 atom stereocenters. The molecule has 0 aliphatic carbocycles. The summed E-state index contributed by atoms with van der Waals surface area (Å²) in [6, 6.07) is 6.67. The number of hydrogen-bond donors (Lipinski definition) is 1. The van der Waals surface area contributed by atoms with Crippen molar-refractivity contribution in [1.82, 2.24) is 5.32 Å². The molecule has 0 bridgehead atoms. The van der Waals surface area contributed by atoms with Gasteiger partial charge in [0.05, 0.1) is 25.4 Å². The van der Waals surface area contributed by atoms with Crippen molar-refractivity contribution in [2.75, 3.05) is 20.3 Å². The van der Waals surface area contributed by atoms with Gasteiger partial charge in [-0.3, -0.25) is 0 Å². The second kappa shape index (κ2) is 5.52. The molecule has 0 saturated carbocycles. The third-order valence-corrected chi connectivity index (χ3v) is 3.06. The van der Waals surface area contributed by atoms with E-state index in [2.05, 4.69) is 37.4 Å². The summed E-state index contributed by atoms with van der Waals surface area (Å²) < 4.78 is 11.2. The van der Waals surface area contributed by atoms with E-state index >= 15 is 0 Å². The van der Waals surface area contributed by atoms with Gasteiger partial charge in [0.15, 0.2) is 0 Å². The molecule has 1 aromatic rings. The van der Waals surface area contributed by atoms with Crippen LogP contribution in [-0.2, 0) is 11.2 Å². The molecule has 3 heteroatoms. The van der Waals surface area contributed by atoms with Crippen molar-refractivity contribution in [2.24, 2.45) is 0 Å². The van der Waals surface area contributed by atoms with Gasteiger partial charge in [-0.2, -0.15) is 0 Å². The van der Waals surface area contributed by atoms with Crippen LogP contribution in [0, 0.1) is 0 Å². The van der Waals surface area contributed by atoms with Crippen molar-refractivity contribution >= 4 is 0 Å². The summed E-state index contributed by atoms with van der Waals surface area (Å²) in [5, 5.41) is 3.30. The van der Waals surface area contributed by atoms with Crippen LogP contribution < -0.4 is 10.1 Å². The molecule has 0 spiro atoms.